The van der Waals surface area contributed by atoms with Crippen molar-refractivity contribution < 1.29 is 9.53 Å². The molecule has 5 heteroatoms. The quantitative estimate of drug-likeness (QED) is 0.790. The van der Waals surface area contributed by atoms with E-state index in [1.54, 1.807) is 18.9 Å². The number of thioether (sulfide) groups is 1. The molecule has 4 nitrogen and oxygen atoms in total. The maximum Gasteiger partial charge on any atom is 0.251 e. The van der Waals surface area contributed by atoms with Crippen LogP contribution in [0.2, 0.25) is 0 Å². The van der Waals surface area contributed by atoms with E-state index in [0.717, 1.165) is 42.0 Å². The molecule has 1 aliphatic rings. The average Bonchev–Trinajstić information content (AvgIpc) is 2.54. The van der Waals surface area contributed by atoms with E-state index in [9.17, 15) is 4.79 Å². The molecule has 1 aliphatic heterocycles. The van der Waals surface area contributed by atoms with E-state index in [1.807, 2.05) is 25.3 Å². The number of hydrogen-bond acceptors (Lipinski definition) is 4. The fourth-order valence-corrected chi connectivity index (χ4v) is 3.41. The number of aryl methyl sites for hydroxylation is 1. The molecule has 0 spiro atoms. The molecule has 1 fully saturated rings. The minimum absolute atomic E-state index is 0.0161. The number of amides is 1. The lowest BCUT2D eigenvalue weighted by atomic mass is 9.79. The monoisotopic (exact) mass is 322 g/mol. The van der Waals surface area contributed by atoms with Gasteiger partial charge in [0.1, 0.15) is 0 Å². The van der Waals surface area contributed by atoms with E-state index in [1.165, 1.54) is 0 Å². The molecule has 0 atom stereocenters. The number of benzene rings is 1. The van der Waals surface area contributed by atoms with Crippen molar-refractivity contribution in [1.82, 2.24) is 10.6 Å². The molecule has 0 bridgehead atoms. The fourth-order valence-electron chi connectivity index (χ4n) is 2.97. The highest BCUT2D eigenvalue weighted by molar-refractivity contribution is 7.98. The van der Waals surface area contributed by atoms with Crippen molar-refractivity contribution in [3.8, 4) is 0 Å². The summed E-state index contributed by atoms with van der Waals surface area (Å²) >= 11 is 1.65. The summed E-state index contributed by atoms with van der Waals surface area (Å²) < 4.78 is 5.40. The Kier molecular flexibility index (Phi) is 6.29. The van der Waals surface area contributed by atoms with Crippen LogP contribution in [0.15, 0.2) is 23.1 Å². The summed E-state index contributed by atoms with van der Waals surface area (Å²) in [6.45, 7) is 5.32. The molecule has 0 saturated carbocycles. The van der Waals surface area contributed by atoms with Crippen molar-refractivity contribution in [2.45, 2.75) is 24.7 Å². The van der Waals surface area contributed by atoms with Crippen LogP contribution in [0.25, 0.3) is 0 Å². The minimum atomic E-state index is 0.0161. The van der Waals surface area contributed by atoms with Gasteiger partial charge in [-0.05, 0) is 56.8 Å². The zero-order valence-corrected chi connectivity index (χ0v) is 14.5. The standard InChI is InChI=1S/C17H26N2O2S/c1-13-4-5-14(22-3)10-15(13)16(20)19-11-17(12-21-2)6-8-18-9-7-17/h4-5,10,18H,6-9,11-12H2,1-3H3,(H,19,20). The summed E-state index contributed by atoms with van der Waals surface area (Å²) in [5.74, 6) is 0.0161. The molecule has 2 rings (SSSR count). The van der Waals surface area contributed by atoms with Crippen LogP contribution in [-0.2, 0) is 4.74 Å². The number of nitrogens with one attached hydrogen (secondary N) is 2. The van der Waals surface area contributed by atoms with E-state index in [0.29, 0.717) is 13.2 Å². The highest BCUT2D eigenvalue weighted by Crippen LogP contribution is 2.28. The molecule has 0 unspecified atom stereocenters. The summed E-state index contributed by atoms with van der Waals surface area (Å²) in [5, 5.41) is 6.50. The van der Waals surface area contributed by atoms with Crippen molar-refractivity contribution in [3.63, 3.8) is 0 Å². The number of rotatable bonds is 6. The molecule has 1 aromatic carbocycles. The Labute approximate surface area is 137 Å². The lowest BCUT2D eigenvalue weighted by Gasteiger charge is -2.37. The van der Waals surface area contributed by atoms with E-state index in [-0.39, 0.29) is 11.3 Å². The summed E-state index contributed by atoms with van der Waals surface area (Å²) in [4.78, 5) is 13.7. The molecule has 1 saturated heterocycles. The molecule has 1 heterocycles. The summed E-state index contributed by atoms with van der Waals surface area (Å²) in [7, 11) is 1.73. The van der Waals surface area contributed by atoms with Crippen LogP contribution in [0, 0.1) is 12.3 Å². The first-order valence-corrected chi connectivity index (χ1v) is 8.95. The normalized spacial score (nSPS) is 17.2. The van der Waals surface area contributed by atoms with E-state index < -0.39 is 0 Å². The van der Waals surface area contributed by atoms with Crippen molar-refractivity contribution in [3.05, 3.63) is 29.3 Å². The molecule has 22 heavy (non-hydrogen) atoms. The van der Waals surface area contributed by atoms with Gasteiger partial charge in [0.05, 0.1) is 6.61 Å². The smallest absolute Gasteiger partial charge is 0.251 e. The number of methoxy groups -OCH3 is 1. The van der Waals surface area contributed by atoms with Crippen LogP contribution in [0.1, 0.15) is 28.8 Å². The second kappa shape index (κ2) is 7.99. The largest absolute Gasteiger partial charge is 0.384 e. The zero-order chi connectivity index (χ0) is 16.0. The average molecular weight is 322 g/mol. The van der Waals surface area contributed by atoms with Gasteiger partial charge in [-0.2, -0.15) is 0 Å². The van der Waals surface area contributed by atoms with Gasteiger partial charge < -0.3 is 15.4 Å². The first-order chi connectivity index (χ1) is 10.6. The molecule has 1 amide bonds. The second-order valence-corrected chi connectivity index (χ2v) is 6.93. The first kappa shape index (κ1) is 17.3. The third-order valence-corrected chi connectivity index (χ3v) is 5.15. The Balaban J connectivity index is 2.04. The van der Waals surface area contributed by atoms with Crippen molar-refractivity contribution in [2.24, 2.45) is 5.41 Å². The van der Waals surface area contributed by atoms with E-state index in [4.69, 9.17) is 4.74 Å². The van der Waals surface area contributed by atoms with Crippen LogP contribution in [0.5, 0.6) is 0 Å². The van der Waals surface area contributed by atoms with Crippen LogP contribution < -0.4 is 10.6 Å². The Morgan fingerprint density at radius 2 is 2.14 bits per heavy atom. The van der Waals surface area contributed by atoms with Gasteiger partial charge in [0.25, 0.3) is 5.91 Å². The van der Waals surface area contributed by atoms with Gasteiger partial charge >= 0.3 is 0 Å². The number of hydrogen-bond donors (Lipinski definition) is 2. The molecule has 122 valence electrons. The molecule has 0 aromatic heterocycles. The lowest BCUT2D eigenvalue weighted by Crippen LogP contribution is -2.47. The summed E-state index contributed by atoms with van der Waals surface area (Å²) in [5.41, 5.74) is 1.84. The van der Waals surface area contributed by atoms with Gasteiger partial charge in [-0.25, -0.2) is 0 Å². The van der Waals surface area contributed by atoms with Crippen molar-refractivity contribution >= 4 is 17.7 Å². The van der Waals surface area contributed by atoms with Crippen LogP contribution >= 0.6 is 11.8 Å². The van der Waals surface area contributed by atoms with Crippen molar-refractivity contribution in [2.75, 3.05) is 39.6 Å². The number of piperidine rings is 1. The van der Waals surface area contributed by atoms with Gasteiger partial charge in [-0.1, -0.05) is 6.07 Å². The maximum absolute atomic E-state index is 12.5. The van der Waals surface area contributed by atoms with E-state index >= 15 is 0 Å². The van der Waals surface area contributed by atoms with Gasteiger partial charge in [0.15, 0.2) is 0 Å². The van der Waals surface area contributed by atoms with E-state index in [2.05, 4.69) is 16.7 Å². The SMILES string of the molecule is COCC1(CNC(=O)c2cc(SC)ccc2C)CCNCC1. The summed E-state index contributed by atoms with van der Waals surface area (Å²) in [6, 6.07) is 6.03. The molecule has 0 aliphatic carbocycles. The van der Waals surface area contributed by atoms with Crippen LogP contribution in [0.4, 0.5) is 0 Å². The summed E-state index contributed by atoms with van der Waals surface area (Å²) in [6.07, 6.45) is 4.09. The number of carbonyl (C=O) groups is 1. The number of ether oxygens (including phenoxy) is 1. The molecular formula is C17H26N2O2S. The Morgan fingerprint density at radius 1 is 1.41 bits per heavy atom. The number of carbonyl (C=O) groups excluding carboxylic acids is 1. The Hall–Kier alpha value is -1.04. The van der Waals surface area contributed by atoms with Gasteiger partial charge in [-0.15, -0.1) is 11.8 Å². The molecule has 0 radical (unpaired) electrons. The van der Waals surface area contributed by atoms with Gasteiger partial charge in [0, 0.05) is 29.5 Å². The molecule has 1 aromatic rings. The fraction of sp³-hybridized carbons (Fsp3) is 0.588. The lowest BCUT2D eigenvalue weighted by molar-refractivity contribution is 0.0511. The Bertz CT molecular complexity index is 508. The highest BCUT2D eigenvalue weighted by atomic mass is 32.2. The predicted molar refractivity (Wildman–Crippen MR) is 91.7 cm³/mol. The van der Waals surface area contributed by atoms with Gasteiger partial charge in [-0.3, -0.25) is 4.79 Å². The van der Waals surface area contributed by atoms with Crippen LogP contribution in [-0.4, -0.2) is 45.5 Å². The van der Waals surface area contributed by atoms with Gasteiger partial charge in [0.2, 0.25) is 0 Å². The first-order valence-electron chi connectivity index (χ1n) is 7.73. The Morgan fingerprint density at radius 3 is 2.77 bits per heavy atom. The third kappa shape index (κ3) is 4.24. The second-order valence-electron chi connectivity index (χ2n) is 6.05. The highest BCUT2D eigenvalue weighted by Gasteiger charge is 2.32. The van der Waals surface area contributed by atoms with Crippen LogP contribution in [0.3, 0.4) is 0 Å². The predicted octanol–water partition coefficient (Wildman–Crippen LogP) is 2.46. The topological polar surface area (TPSA) is 50.4 Å². The minimum Gasteiger partial charge on any atom is -0.384 e. The van der Waals surface area contributed by atoms with Crippen molar-refractivity contribution in [1.29, 1.82) is 0 Å². The maximum atomic E-state index is 12.5. The zero-order valence-electron chi connectivity index (χ0n) is 13.7. The molecular weight excluding hydrogens is 296 g/mol. The third-order valence-electron chi connectivity index (χ3n) is 4.43. The molecule has 2 N–H and O–H groups in total.